The van der Waals surface area contributed by atoms with Gasteiger partial charge in [-0.1, -0.05) is 6.42 Å². The highest BCUT2D eigenvalue weighted by molar-refractivity contribution is 7.54. The molecule has 0 unspecified atom stereocenters. The molecule has 0 bridgehead atoms. The van der Waals surface area contributed by atoms with Crippen LogP contribution in [0.5, 0.6) is 0 Å². The third-order valence-corrected chi connectivity index (χ3v) is 4.28. The maximum Gasteiger partial charge on any atom is 0.337 e. The molecule has 1 fully saturated rings. The zero-order valence-corrected chi connectivity index (χ0v) is 8.88. The largest absolute Gasteiger partial charge is 0.337 e. The fraction of sp³-hybridized carbons (Fsp3) is 0.875. The maximum absolute atomic E-state index is 11.5. The van der Waals surface area contributed by atoms with Crippen LogP contribution in [0.2, 0.25) is 0 Å². The van der Waals surface area contributed by atoms with Gasteiger partial charge in [0.25, 0.3) is 0 Å². The molecule has 0 aromatic rings. The summed E-state index contributed by atoms with van der Waals surface area (Å²) in [7, 11) is -0.512. The molecule has 0 aliphatic heterocycles. The van der Waals surface area contributed by atoms with Gasteiger partial charge in [0.15, 0.2) is 0 Å². The molecule has 1 aliphatic rings. The van der Waals surface area contributed by atoms with Crippen LogP contribution in [0, 0.1) is 5.92 Å². The smallest absolute Gasteiger partial charge is 0.312 e. The van der Waals surface area contributed by atoms with Crippen molar-refractivity contribution in [1.29, 1.82) is 0 Å². The molecule has 0 heterocycles. The van der Waals surface area contributed by atoms with Gasteiger partial charge in [-0.2, -0.15) is 0 Å². The molecule has 0 N–H and O–H groups in total. The molecule has 0 spiro atoms. The average molecular weight is 206 g/mol. The molecule has 1 aliphatic carbocycles. The molecule has 0 aromatic carbocycles. The van der Waals surface area contributed by atoms with Crippen LogP contribution in [-0.2, 0) is 18.4 Å². The normalized spacial score (nSPS) is 18.3. The predicted molar refractivity (Wildman–Crippen MR) is 48.8 cm³/mol. The first-order chi connectivity index (χ1) is 6.11. The number of hydrogen-bond donors (Lipinski definition) is 0. The zero-order valence-electron chi connectivity index (χ0n) is 7.99. The molecule has 0 radical (unpaired) electrons. The van der Waals surface area contributed by atoms with E-state index >= 15 is 0 Å². The summed E-state index contributed by atoms with van der Waals surface area (Å²) >= 11 is 0. The van der Waals surface area contributed by atoms with E-state index in [4.69, 9.17) is 0 Å². The number of Topliss-reactive ketones (excluding diaryl/α,β-unsaturated/α-hetero) is 1. The standard InChI is InChI=1S/C8H15O4P/c1-11-13(10,12-2)6-8(9)7-4-3-5-7/h7H,3-6H2,1-2H3. The van der Waals surface area contributed by atoms with Gasteiger partial charge >= 0.3 is 7.60 Å². The lowest BCUT2D eigenvalue weighted by Gasteiger charge is -2.24. The average Bonchev–Trinajstić information content (AvgIpc) is 2.01. The Labute approximate surface area is 78.1 Å². The molecular formula is C8H15O4P. The van der Waals surface area contributed by atoms with Gasteiger partial charge in [0.1, 0.15) is 11.9 Å². The number of ketones is 1. The maximum atomic E-state index is 11.5. The van der Waals surface area contributed by atoms with Crippen molar-refractivity contribution in [1.82, 2.24) is 0 Å². The fourth-order valence-corrected chi connectivity index (χ4v) is 2.30. The van der Waals surface area contributed by atoms with Crippen LogP contribution in [-0.4, -0.2) is 26.2 Å². The lowest BCUT2D eigenvalue weighted by atomic mass is 9.83. The first-order valence-corrected chi connectivity index (χ1v) is 6.07. The Morgan fingerprint density at radius 1 is 1.38 bits per heavy atom. The first kappa shape index (κ1) is 10.9. The molecule has 0 amide bonds. The number of carbonyl (C=O) groups excluding carboxylic acids is 1. The molecule has 76 valence electrons. The van der Waals surface area contributed by atoms with Gasteiger partial charge in [0.2, 0.25) is 0 Å². The van der Waals surface area contributed by atoms with Crippen LogP contribution >= 0.6 is 7.60 Å². The van der Waals surface area contributed by atoms with E-state index in [2.05, 4.69) is 9.05 Å². The Hall–Kier alpha value is -0.180. The van der Waals surface area contributed by atoms with Crippen LogP contribution in [0.3, 0.4) is 0 Å². The van der Waals surface area contributed by atoms with E-state index in [9.17, 15) is 9.36 Å². The van der Waals surface area contributed by atoms with Crippen LogP contribution in [0.4, 0.5) is 0 Å². The molecule has 5 heteroatoms. The summed E-state index contributed by atoms with van der Waals surface area (Å²) in [4.78, 5) is 11.4. The SMILES string of the molecule is COP(=O)(CC(=O)C1CCC1)OC. The van der Waals surface area contributed by atoms with Crippen molar-refractivity contribution in [2.75, 3.05) is 20.4 Å². The second-order valence-corrected chi connectivity index (χ2v) is 5.50. The van der Waals surface area contributed by atoms with Crippen LogP contribution in [0.25, 0.3) is 0 Å². The number of rotatable bonds is 5. The van der Waals surface area contributed by atoms with Gasteiger partial charge in [-0.15, -0.1) is 0 Å². The molecule has 0 atom stereocenters. The minimum Gasteiger partial charge on any atom is -0.312 e. The summed E-state index contributed by atoms with van der Waals surface area (Å²) in [5.41, 5.74) is 0. The van der Waals surface area contributed by atoms with Gasteiger partial charge in [0, 0.05) is 20.1 Å². The van der Waals surface area contributed by atoms with E-state index in [1.807, 2.05) is 0 Å². The van der Waals surface area contributed by atoms with E-state index in [-0.39, 0.29) is 17.9 Å². The van der Waals surface area contributed by atoms with Crippen molar-refractivity contribution in [2.45, 2.75) is 19.3 Å². The van der Waals surface area contributed by atoms with Crippen molar-refractivity contribution in [2.24, 2.45) is 5.92 Å². The third kappa shape index (κ3) is 2.63. The second-order valence-electron chi connectivity index (χ2n) is 3.23. The fourth-order valence-electron chi connectivity index (χ4n) is 1.25. The Balaban J connectivity index is 2.45. The zero-order chi connectivity index (χ0) is 9.90. The van der Waals surface area contributed by atoms with Crippen molar-refractivity contribution in [3.05, 3.63) is 0 Å². The summed E-state index contributed by atoms with van der Waals surface area (Å²) in [6.45, 7) is 0. The first-order valence-electron chi connectivity index (χ1n) is 4.34. The Morgan fingerprint density at radius 2 is 1.92 bits per heavy atom. The molecular weight excluding hydrogens is 191 g/mol. The highest BCUT2D eigenvalue weighted by atomic mass is 31.2. The van der Waals surface area contributed by atoms with Gasteiger partial charge < -0.3 is 9.05 Å². The van der Waals surface area contributed by atoms with E-state index in [0.29, 0.717) is 0 Å². The van der Waals surface area contributed by atoms with Crippen LogP contribution in [0.15, 0.2) is 0 Å². The van der Waals surface area contributed by atoms with E-state index in [0.717, 1.165) is 19.3 Å². The molecule has 1 saturated carbocycles. The van der Waals surface area contributed by atoms with E-state index in [1.165, 1.54) is 14.2 Å². The van der Waals surface area contributed by atoms with E-state index in [1.54, 1.807) is 0 Å². The quantitative estimate of drug-likeness (QED) is 0.644. The number of carbonyl (C=O) groups is 1. The van der Waals surface area contributed by atoms with Crippen molar-refractivity contribution in [3.8, 4) is 0 Å². The van der Waals surface area contributed by atoms with Crippen LogP contribution < -0.4 is 0 Å². The molecule has 0 aromatic heterocycles. The minimum absolute atomic E-state index is 0.0123. The topological polar surface area (TPSA) is 52.6 Å². The molecule has 1 rings (SSSR count). The summed E-state index contributed by atoms with van der Waals surface area (Å²) < 4.78 is 20.9. The highest BCUT2D eigenvalue weighted by Crippen LogP contribution is 2.47. The molecule has 13 heavy (non-hydrogen) atoms. The highest BCUT2D eigenvalue weighted by Gasteiger charge is 2.32. The van der Waals surface area contributed by atoms with E-state index < -0.39 is 7.60 Å². The van der Waals surface area contributed by atoms with Gasteiger partial charge in [-0.05, 0) is 12.8 Å². The summed E-state index contributed by atoms with van der Waals surface area (Å²) in [5.74, 6) is 0.108. The summed E-state index contributed by atoms with van der Waals surface area (Å²) in [6.07, 6.45) is 2.86. The van der Waals surface area contributed by atoms with Crippen molar-refractivity contribution in [3.63, 3.8) is 0 Å². The lowest BCUT2D eigenvalue weighted by molar-refractivity contribution is -0.122. The number of hydrogen-bond acceptors (Lipinski definition) is 4. The second kappa shape index (κ2) is 4.36. The molecule has 4 nitrogen and oxygen atoms in total. The van der Waals surface area contributed by atoms with Crippen molar-refractivity contribution >= 4 is 13.4 Å². The Morgan fingerprint density at radius 3 is 2.23 bits per heavy atom. The van der Waals surface area contributed by atoms with Crippen LogP contribution in [0.1, 0.15) is 19.3 Å². The third-order valence-electron chi connectivity index (χ3n) is 2.47. The Kier molecular flexibility index (Phi) is 3.65. The lowest BCUT2D eigenvalue weighted by Crippen LogP contribution is -2.25. The monoisotopic (exact) mass is 206 g/mol. The molecule has 0 saturated heterocycles. The minimum atomic E-state index is -3.12. The predicted octanol–water partition coefficient (Wildman–Crippen LogP) is 1.84. The van der Waals surface area contributed by atoms with Gasteiger partial charge in [-0.25, -0.2) is 0 Å². The van der Waals surface area contributed by atoms with Gasteiger partial charge in [0.05, 0.1) is 0 Å². The van der Waals surface area contributed by atoms with Crippen molar-refractivity contribution < 1.29 is 18.4 Å². The Bertz CT molecular complexity index is 226. The summed E-state index contributed by atoms with van der Waals surface area (Å²) in [5, 5.41) is 0. The summed E-state index contributed by atoms with van der Waals surface area (Å²) in [6, 6.07) is 0. The van der Waals surface area contributed by atoms with Gasteiger partial charge in [-0.3, -0.25) is 9.36 Å².